The largest absolute Gasteiger partial charge is 0.463 e. The average molecular weight is 144 g/mol. The molecule has 0 aromatic rings. The Balaban J connectivity index is 4.24. The molecule has 0 aliphatic carbocycles. The van der Waals surface area contributed by atoms with Gasteiger partial charge in [-0.15, -0.1) is 0 Å². The Labute approximate surface area is 60.5 Å². The highest BCUT2D eigenvalue weighted by Gasteiger charge is 2.11. The molecule has 0 saturated heterocycles. The molecule has 58 valence electrons. The maximum atomic E-state index is 10.8. The topological polar surface area (TPSA) is 41.9 Å². The molecule has 4 heteroatoms. The highest BCUT2D eigenvalue weighted by Crippen LogP contribution is 1.85. The van der Waals surface area contributed by atoms with Crippen LogP contribution in [0, 0.1) is 0 Å². The summed E-state index contributed by atoms with van der Waals surface area (Å²) in [5.41, 5.74) is 0. The van der Waals surface area contributed by atoms with E-state index in [4.69, 9.17) is 0 Å². The van der Waals surface area contributed by atoms with E-state index in [1.54, 1.807) is 26.0 Å². The van der Waals surface area contributed by atoms with Crippen molar-refractivity contribution >= 4 is 11.8 Å². The van der Waals surface area contributed by atoms with Crippen molar-refractivity contribution in [3.8, 4) is 0 Å². The second-order valence-electron chi connectivity index (χ2n) is 1.93. The number of amidine groups is 1. The number of nitrogens with zero attached hydrogens (tertiary/aromatic N) is 2. The minimum absolute atomic E-state index is 0.322. The Morgan fingerprint density at radius 3 is 2.10 bits per heavy atom. The maximum absolute atomic E-state index is 10.8. The summed E-state index contributed by atoms with van der Waals surface area (Å²) < 4.78 is 4.45. The van der Waals surface area contributed by atoms with Crippen molar-refractivity contribution in [2.75, 3.05) is 28.3 Å². The standard InChI is InChI=1S/C6H12N2O2/c1-7-5(8(2)3)6(9)10-4/h1-4H3. The lowest BCUT2D eigenvalue weighted by atomic mass is 10.5. The van der Waals surface area contributed by atoms with Crippen LogP contribution in [0.25, 0.3) is 0 Å². The summed E-state index contributed by atoms with van der Waals surface area (Å²) in [4.78, 5) is 16.1. The van der Waals surface area contributed by atoms with Crippen LogP contribution < -0.4 is 0 Å². The van der Waals surface area contributed by atoms with Gasteiger partial charge < -0.3 is 9.64 Å². The summed E-state index contributed by atoms with van der Waals surface area (Å²) in [6.07, 6.45) is 0. The van der Waals surface area contributed by atoms with Gasteiger partial charge in [0.05, 0.1) is 7.11 Å². The molecular weight excluding hydrogens is 132 g/mol. The van der Waals surface area contributed by atoms with Gasteiger partial charge in [0.15, 0.2) is 0 Å². The Kier molecular flexibility index (Phi) is 3.46. The molecule has 0 spiro atoms. The first kappa shape index (κ1) is 8.94. The number of hydrogen-bond acceptors (Lipinski definition) is 3. The molecule has 0 unspecified atom stereocenters. The lowest BCUT2D eigenvalue weighted by Gasteiger charge is -2.11. The predicted octanol–water partition coefficient (Wildman–Crippen LogP) is -0.251. The van der Waals surface area contributed by atoms with Crippen LogP contribution in [0.4, 0.5) is 0 Å². The van der Waals surface area contributed by atoms with Gasteiger partial charge in [-0.1, -0.05) is 0 Å². The van der Waals surface area contributed by atoms with Crippen LogP contribution in [0.2, 0.25) is 0 Å². The third kappa shape index (κ3) is 2.05. The molecule has 0 atom stereocenters. The van der Waals surface area contributed by atoms with E-state index in [1.165, 1.54) is 7.11 Å². The molecule has 0 bridgehead atoms. The van der Waals surface area contributed by atoms with Gasteiger partial charge in [-0.25, -0.2) is 4.79 Å². The van der Waals surface area contributed by atoms with Crippen molar-refractivity contribution in [2.45, 2.75) is 0 Å². The van der Waals surface area contributed by atoms with E-state index in [-0.39, 0.29) is 0 Å². The summed E-state index contributed by atoms with van der Waals surface area (Å²) in [6, 6.07) is 0. The van der Waals surface area contributed by atoms with Crippen LogP contribution in [0.5, 0.6) is 0 Å². The van der Waals surface area contributed by atoms with Crippen LogP contribution in [0.3, 0.4) is 0 Å². The number of aliphatic imine (C=N–C) groups is 1. The molecule has 0 fully saturated rings. The lowest BCUT2D eigenvalue weighted by molar-refractivity contribution is -0.133. The summed E-state index contributed by atoms with van der Waals surface area (Å²) in [7, 11) is 6.35. The smallest absolute Gasteiger partial charge is 0.373 e. The molecule has 0 radical (unpaired) electrons. The molecule has 4 nitrogen and oxygen atoms in total. The SMILES string of the molecule is CN=C(C(=O)OC)N(C)C. The van der Waals surface area contributed by atoms with Crippen LogP contribution in [-0.4, -0.2) is 45.0 Å². The van der Waals surface area contributed by atoms with Gasteiger partial charge in [-0.3, -0.25) is 4.99 Å². The van der Waals surface area contributed by atoms with Crippen molar-refractivity contribution in [1.29, 1.82) is 0 Å². The second kappa shape index (κ2) is 3.87. The highest BCUT2D eigenvalue weighted by molar-refractivity contribution is 6.35. The van der Waals surface area contributed by atoms with Gasteiger partial charge in [-0.05, 0) is 0 Å². The van der Waals surface area contributed by atoms with Crippen LogP contribution in [0.1, 0.15) is 0 Å². The van der Waals surface area contributed by atoms with Gasteiger partial charge in [0.1, 0.15) is 0 Å². The first-order valence-corrected chi connectivity index (χ1v) is 2.86. The number of hydrogen-bond donors (Lipinski definition) is 0. The number of esters is 1. The fourth-order valence-electron chi connectivity index (χ4n) is 0.565. The van der Waals surface area contributed by atoms with E-state index in [9.17, 15) is 4.79 Å². The number of carbonyl (C=O) groups is 1. The van der Waals surface area contributed by atoms with Gasteiger partial charge >= 0.3 is 5.97 Å². The van der Waals surface area contributed by atoms with E-state index in [0.717, 1.165) is 0 Å². The minimum atomic E-state index is -0.410. The molecule has 0 heterocycles. The normalized spacial score (nSPS) is 11.0. The van der Waals surface area contributed by atoms with Crippen molar-refractivity contribution < 1.29 is 9.53 Å². The zero-order valence-corrected chi connectivity index (χ0v) is 6.71. The highest BCUT2D eigenvalue weighted by atomic mass is 16.5. The molecule has 0 aromatic carbocycles. The molecule has 0 amide bonds. The van der Waals surface area contributed by atoms with Crippen molar-refractivity contribution in [1.82, 2.24) is 4.90 Å². The Morgan fingerprint density at radius 1 is 1.50 bits per heavy atom. The molecule has 0 aromatic heterocycles. The third-order valence-corrected chi connectivity index (χ3v) is 1.00. The fraction of sp³-hybridized carbons (Fsp3) is 0.667. The first-order chi connectivity index (χ1) is 4.63. The fourth-order valence-corrected chi connectivity index (χ4v) is 0.565. The zero-order valence-electron chi connectivity index (χ0n) is 6.71. The summed E-state index contributed by atoms with van der Waals surface area (Å²) in [5, 5.41) is 0. The molecule has 0 saturated carbocycles. The maximum Gasteiger partial charge on any atom is 0.373 e. The van der Waals surface area contributed by atoms with Crippen molar-refractivity contribution in [3.05, 3.63) is 0 Å². The lowest BCUT2D eigenvalue weighted by Crippen LogP contribution is -2.30. The quantitative estimate of drug-likeness (QED) is 0.267. The molecular formula is C6H12N2O2. The van der Waals surface area contributed by atoms with E-state index in [2.05, 4.69) is 9.73 Å². The van der Waals surface area contributed by atoms with E-state index >= 15 is 0 Å². The summed E-state index contributed by atoms with van der Waals surface area (Å²) in [5.74, 6) is -0.0880. The number of likely N-dealkylation sites (N-methyl/N-ethyl adjacent to an activating group) is 1. The van der Waals surface area contributed by atoms with E-state index in [1.807, 2.05) is 0 Å². The summed E-state index contributed by atoms with van der Waals surface area (Å²) >= 11 is 0. The Bertz CT molecular complexity index is 152. The average Bonchev–Trinajstić information content (AvgIpc) is 1.88. The van der Waals surface area contributed by atoms with Crippen LogP contribution in [0.15, 0.2) is 4.99 Å². The number of carbonyl (C=O) groups excluding carboxylic acids is 1. The minimum Gasteiger partial charge on any atom is -0.463 e. The van der Waals surface area contributed by atoms with Gasteiger partial charge in [0.25, 0.3) is 0 Å². The van der Waals surface area contributed by atoms with Gasteiger partial charge in [0.2, 0.25) is 5.84 Å². The van der Waals surface area contributed by atoms with Crippen molar-refractivity contribution in [3.63, 3.8) is 0 Å². The molecule has 0 aliphatic rings. The summed E-state index contributed by atoms with van der Waals surface area (Å²) in [6.45, 7) is 0. The van der Waals surface area contributed by atoms with Crippen LogP contribution in [-0.2, 0) is 9.53 Å². The predicted molar refractivity (Wildman–Crippen MR) is 39.1 cm³/mol. The second-order valence-corrected chi connectivity index (χ2v) is 1.93. The number of ether oxygens (including phenoxy) is 1. The van der Waals surface area contributed by atoms with E-state index in [0.29, 0.717) is 5.84 Å². The monoisotopic (exact) mass is 144 g/mol. The van der Waals surface area contributed by atoms with Crippen molar-refractivity contribution in [2.24, 2.45) is 4.99 Å². The molecule has 0 N–H and O–H groups in total. The van der Waals surface area contributed by atoms with Gasteiger partial charge in [0, 0.05) is 21.1 Å². The number of rotatable bonds is 0. The zero-order chi connectivity index (χ0) is 8.15. The van der Waals surface area contributed by atoms with Gasteiger partial charge in [-0.2, -0.15) is 0 Å². The van der Waals surface area contributed by atoms with E-state index < -0.39 is 5.97 Å². The molecule has 10 heavy (non-hydrogen) atoms. The Hall–Kier alpha value is -1.06. The molecule has 0 aliphatic heterocycles. The van der Waals surface area contributed by atoms with Crippen LogP contribution >= 0.6 is 0 Å². The first-order valence-electron chi connectivity index (χ1n) is 2.86. The Morgan fingerprint density at radius 2 is 2.00 bits per heavy atom. The number of methoxy groups -OCH3 is 1. The third-order valence-electron chi connectivity index (χ3n) is 1.00. The molecule has 0 rings (SSSR count).